The van der Waals surface area contributed by atoms with Crippen LogP contribution in [0.2, 0.25) is 0 Å². The largest absolute Gasteiger partial charge is 0.459 e. The SMILES string of the molecule is CC(C)CC(=O)Nc1ccc(N2CCN(C(=O)c3ccco3)CC2)nc1. The van der Waals surface area contributed by atoms with Gasteiger partial charge < -0.3 is 19.5 Å². The second-order valence-electron chi connectivity index (χ2n) is 6.81. The molecule has 0 spiro atoms. The van der Waals surface area contributed by atoms with Gasteiger partial charge >= 0.3 is 0 Å². The number of carbonyl (C=O) groups excluding carboxylic acids is 2. The summed E-state index contributed by atoms with van der Waals surface area (Å²) in [5.41, 5.74) is 0.700. The van der Waals surface area contributed by atoms with Crippen LogP contribution >= 0.6 is 0 Å². The summed E-state index contributed by atoms with van der Waals surface area (Å²) in [6.45, 7) is 6.67. The van der Waals surface area contributed by atoms with Crippen LogP contribution in [0, 0.1) is 5.92 Å². The van der Waals surface area contributed by atoms with Gasteiger partial charge in [0.25, 0.3) is 5.91 Å². The van der Waals surface area contributed by atoms with E-state index in [4.69, 9.17) is 4.42 Å². The van der Waals surface area contributed by atoms with Gasteiger partial charge in [0.15, 0.2) is 5.76 Å². The number of pyridine rings is 1. The van der Waals surface area contributed by atoms with Crippen LogP contribution in [-0.4, -0.2) is 47.9 Å². The summed E-state index contributed by atoms with van der Waals surface area (Å²) < 4.78 is 5.18. The Bertz CT molecular complexity index is 733. The molecule has 3 heterocycles. The molecule has 0 unspecified atom stereocenters. The number of carbonyl (C=O) groups is 2. The van der Waals surface area contributed by atoms with E-state index in [1.807, 2.05) is 26.0 Å². The molecule has 0 atom stereocenters. The van der Waals surface area contributed by atoms with Gasteiger partial charge in [0.05, 0.1) is 18.1 Å². The van der Waals surface area contributed by atoms with Gasteiger partial charge in [0.2, 0.25) is 5.91 Å². The highest BCUT2D eigenvalue weighted by Gasteiger charge is 2.24. The highest BCUT2D eigenvalue weighted by atomic mass is 16.3. The number of hydrogen-bond acceptors (Lipinski definition) is 5. The fourth-order valence-electron chi connectivity index (χ4n) is 2.92. The van der Waals surface area contributed by atoms with Crippen LogP contribution in [0.25, 0.3) is 0 Å². The van der Waals surface area contributed by atoms with E-state index < -0.39 is 0 Å². The molecule has 0 aliphatic carbocycles. The molecule has 2 aromatic rings. The molecule has 7 heteroatoms. The van der Waals surface area contributed by atoms with E-state index in [2.05, 4.69) is 15.2 Å². The molecule has 1 fully saturated rings. The molecule has 1 N–H and O–H groups in total. The molecule has 2 amide bonds. The Labute approximate surface area is 153 Å². The second kappa shape index (κ2) is 8.03. The average Bonchev–Trinajstić information content (AvgIpc) is 3.16. The van der Waals surface area contributed by atoms with Gasteiger partial charge in [0, 0.05) is 32.6 Å². The Kier molecular flexibility index (Phi) is 5.55. The predicted octanol–water partition coefficient (Wildman–Crippen LogP) is 2.62. The van der Waals surface area contributed by atoms with Crippen molar-refractivity contribution in [3.05, 3.63) is 42.5 Å². The first-order valence-electron chi connectivity index (χ1n) is 8.86. The lowest BCUT2D eigenvalue weighted by molar-refractivity contribution is -0.116. The van der Waals surface area contributed by atoms with E-state index in [9.17, 15) is 9.59 Å². The Morgan fingerprint density at radius 1 is 1.19 bits per heavy atom. The van der Waals surface area contributed by atoms with Crippen molar-refractivity contribution >= 4 is 23.3 Å². The van der Waals surface area contributed by atoms with Gasteiger partial charge in [-0.05, 0) is 30.2 Å². The highest BCUT2D eigenvalue weighted by Crippen LogP contribution is 2.18. The predicted molar refractivity (Wildman–Crippen MR) is 99.1 cm³/mol. The zero-order valence-corrected chi connectivity index (χ0v) is 15.1. The topological polar surface area (TPSA) is 78.7 Å². The Morgan fingerprint density at radius 3 is 2.54 bits per heavy atom. The van der Waals surface area contributed by atoms with Gasteiger partial charge in [-0.2, -0.15) is 0 Å². The smallest absolute Gasteiger partial charge is 0.289 e. The number of furan rings is 1. The van der Waals surface area contributed by atoms with Crippen molar-refractivity contribution in [2.75, 3.05) is 36.4 Å². The van der Waals surface area contributed by atoms with Crippen LogP contribution in [0.15, 0.2) is 41.1 Å². The quantitative estimate of drug-likeness (QED) is 0.891. The molecule has 138 valence electrons. The number of hydrogen-bond donors (Lipinski definition) is 1. The lowest BCUT2D eigenvalue weighted by Gasteiger charge is -2.35. The number of amides is 2. The minimum absolute atomic E-state index is 0.000368. The van der Waals surface area contributed by atoms with Crippen molar-refractivity contribution in [2.45, 2.75) is 20.3 Å². The van der Waals surface area contributed by atoms with Crippen molar-refractivity contribution in [1.82, 2.24) is 9.88 Å². The number of nitrogens with one attached hydrogen (secondary N) is 1. The molecule has 2 aromatic heterocycles. The summed E-state index contributed by atoms with van der Waals surface area (Å²) in [6.07, 6.45) is 3.68. The molecule has 0 aromatic carbocycles. The fraction of sp³-hybridized carbons (Fsp3) is 0.421. The number of piperazine rings is 1. The third kappa shape index (κ3) is 4.41. The Hall–Kier alpha value is -2.83. The van der Waals surface area contributed by atoms with Crippen molar-refractivity contribution < 1.29 is 14.0 Å². The van der Waals surface area contributed by atoms with E-state index >= 15 is 0 Å². The van der Waals surface area contributed by atoms with Crippen LogP contribution in [0.5, 0.6) is 0 Å². The molecule has 7 nitrogen and oxygen atoms in total. The number of aromatic nitrogens is 1. The average molecular weight is 356 g/mol. The first-order chi connectivity index (χ1) is 12.5. The lowest BCUT2D eigenvalue weighted by Crippen LogP contribution is -2.49. The van der Waals surface area contributed by atoms with Gasteiger partial charge in [-0.1, -0.05) is 13.8 Å². The molecular weight excluding hydrogens is 332 g/mol. The summed E-state index contributed by atoms with van der Waals surface area (Å²) in [5, 5.41) is 2.86. The molecule has 0 bridgehead atoms. The van der Waals surface area contributed by atoms with Crippen LogP contribution in [-0.2, 0) is 4.79 Å². The lowest BCUT2D eigenvalue weighted by atomic mass is 10.1. The van der Waals surface area contributed by atoms with Crippen LogP contribution < -0.4 is 10.2 Å². The Morgan fingerprint density at radius 2 is 1.96 bits per heavy atom. The number of anilines is 2. The zero-order chi connectivity index (χ0) is 18.5. The van der Waals surface area contributed by atoms with Crippen molar-refractivity contribution in [2.24, 2.45) is 5.92 Å². The minimum Gasteiger partial charge on any atom is -0.459 e. The van der Waals surface area contributed by atoms with E-state index in [1.165, 1.54) is 6.26 Å². The maximum atomic E-state index is 12.3. The number of rotatable bonds is 5. The summed E-state index contributed by atoms with van der Waals surface area (Å²) in [7, 11) is 0. The Balaban J connectivity index is 1.53. The van der Waals surface area contributed by atoms with E-state index in [1.54, 1.807) is 23.2 Å². The summed E-state index contributed by atoms with van der Waals surface area (Å²) in [4.78, 5) is 32.5. The maximum Gasteiger partial charge on any atom is 0.289 e. The highest BCUT2D eigenvalue weighted by molar-refractivity contribution is 5.91. The molecule has 1 aliphatic rings. The first-order valence-corrected chi connectivity index (χ1v) is 8.86. The summed E-state index contributed by atoms with van der Waals surface area (Å²) in [6, 6.07) is 7.16. The fourth-order valence-corrected chi connectivity index (χ4v) is 2.92. The molecule has 26 heavy (non-hydrogen) atoms. The third-order valence-electron chi connectivity index (χ3n) is 4.25. The van der Waals surface area contributed by atoms with Gasteiger partial charge in [-0.25, -0.2) is 4.98 Å². The molecule has 1 aliphatic heterocycles. The number of nitrogens with zero attached hydrogens (tertiary/aromatic N) is 3. The van der Waals surface area contributed by atoms with Crippen molar-refractivity contribution in [1.29, 1.82) is 0 Å². The standard InChI is InChI=1S/C19H24N4O3/c1-14(2)12-18(24)21-15-5-6-17(20-13-15)22-7-9-23(10-8-22)19(25)16-4-3-11-26-16/h3-6,11,13-14H,7-10,12H2,1-2H3,(H,21,24). The van der Waals surface area contributed by atoms with Gasteiger partial charge in [-0.15, -0.1) is 0 Å². The molecular formula is C19H24N4O3. The second-order valence-corrected chi connectivity index (χ2v) is 6.81. The van der Waals surface area contributed by atoms with Crippen molar-refractivity contribution in [3.63, 3.8) is 0 Å². The van der Waals surface area contributed by atoms with Gasteiger partial charge in [-0.3, -0.25) is 9.59 Å². The maximum absolute atomic E-state index is 12.3. The first kappa shape index (κ1) is 18.0. The molecule has 3 rings (SSSR count). The molecule has 0 radical (unpaired) electrons. The van der Waals surface area contributed by atoms with E-state index in [0.29, 0.717) is 50.0 Å². The monoisotopic (exact) mass is 356 g/mol. The summed E-state index contributed by atoms with van der Waals surface area (Å²) in [5.74, 6) is 1.46. The van der Waals surface area contributed by atoms with Crippen LogP contribution in [0.3, 0.4) is 0 Å². The van der Waals surface area contributed by atoms with E-state index in [-0.39, 0.29) is 11.8 Å². The van der Waals surface area contributed by atoms with Crippen LogP contribution in [0.4, 0.5) is 11.5 Å². The normalized spacial score (nSPS) is 14.6. The van der Waals surface area contributed by atoms with Crippen molar-refractivity contribution in [3.8, 4) is 0 Å². The minimum atomic E-state index is -0.0779. The third-order valence-corrected chi connectivity index (χ3v) is 4.25. The molecule has 1 saturated heterocycles. The summed E-state index contributed by atoms with van der Waals surface area (Å²) >= 11 is 0. The zero-order valence-electron chi connectivity index (χ0n) is 15.1. The van der Waals surface area contributed by atoms with E-state index in [0.717, 1.165) is 5.82 Å². The van der Waals surface area contributed by atoms with Crippen LogP contribution in [0.1, 0.15) is 30.8 Å². The molecule has 0 saturated carbocycles. The van der Waals surface area contributed by atoms with Gasteiger partial charge in [0.1, 0.15) is 5.82 Å².